The Balaban J connectivity index is 1.17. The number of fused-ring (bicyclic) bond motifs is 12. The molecular formula is C52H31N3OS. The summed E-state index contributed by atoms with van der Waals surface area (Å²) in [4.78, 5) is 16.2. The molecule has 8 aromatic carbocycles. The largest absolute Gasteiger partial charge is 0.457 e. The van der Waals surface area contributed by atoms with Gasteiger partial charge in [0.05, 0.1) is 5.41 Å². The Hall–Kier alpha value is -7.21. The number of rotatable bonds is 4. The fraction of sp³-hybridized carbons (Fsp3) is 0.0192. The molecule has 0 bridgehead atoms. The van der Waals surface area contributed by atoms with Gasteiger partial charge in [-0.2, -0.15) is 0 Å². The molecule has 12 rings (SSSR count). The topological polar surface area (TPSA) is 47.9 Å². The minimum Gasteiger partial charge on any atom is -0.457 e. The van der Waals surface area contributed by atoms with Crippen LogP contribution in [0.25, 0.3) is 76.6 Å². The molecule has 0 atom stereocenters. The highest BCUT2D eigenvalue weighted by Gasteiger charge is 2.51. The first-order chi connectivity index (χ1) is 28.3. The van der Waals surface area contributed by atoms with Gasteiger partial charge in [0.1, 0.15) is 11.5 Å². The van der Waals surface area contributed by atoms with Gasteiger partial charge in [0, 0.05) is 48.0 Å². The van der Waals surface area contributed by atoms with Gasteiger partial charge in [0.25, 0.3) is 0 Å². The van der Waals surface area contributed by atoms with Gasteiger partial charge in [0.15, 0.2) is 17.5 Å². The molecule has 1 aliphatic carbocycles. The lowest BCUT2D eigenvalue weighted by Gasteiger charge is -2.39. The molecule has 266 valence electrons. The highest BCUT2D eigenvalue weighted by atomic mass is 32.1. The minimum atomic E-state index is -0.603. The average molecular weight is 746 g/mol. The lowest BCUT2D eigenvalue weighted by molar-refractivity contribution is 0.436. The highest BCUT2D eigenvalue weighted by molar-refractivity contribution is 7.26. The second-order valence-electron chi connectivity index (χ2n) is 14.6. The Labute approximate surface area is 333 Å². The maximum absolute atomic E-state index is 6.61. The molecule has 0 saturated heterocycles. The summed E-state index contributed by atoms with van der Waals surface area (Å²) in [6.45, 7) is 0. The van der Waals surface area contributed by atoms with Crippen molar-refractivity contribution < 1.29 is 4.74 Å². The van der Waals surface area contributed by atoms with Gasteiger partial charge in [-0.3, -0.25) is 0 Å². The molecule has 0 unspecified atom stereocenters. The Bertz CT molecular complexity index is 3200. The number of hydrogen-bond donors (Lipinski definition) is 0. The van der Waals surface area contributed by atoms with Crippen LogP contribution in [0.2, 0.25) is 0 Å². The molecule has 0 radical (unpaired) electrons. The number of thiophene rings is 1. The molecular weight excluding hydrogens is 715 g/mol. The molecule has 0 saturated carbocycles. The zero-order valence-corrected chi connectivity index (χ0v) is 31.4. The smallest absolute Gasteiger partial charge is 0.165 e. The summed E-state index contributed by atoms with van der Waals surface area (Å²) in [6.07, 6.45) is 0. The van der Waals surface area contributed by atoms with Gasteiger partial charge in [-0.05, 0) is 57.6 Å². The van der Waals surface area contributed by atoms with Crippen LogP contribution in [0.3, 0.4) is 0 Å². The van der Waals surface area contributed by atoms with Gasteiger partial charge in [0.2, 0.25) is 0 Å². The normalized spacial score (nSPS) is 13.2. The van der Waals surface area contributed by atoms with Crippen molar-refractivity contribution in [3.63, 3.8) is 0 Å². The lowest BCUT2D eigenvalue weighted by atomic mass is 9.66. The van der Waals surface area contributed by atoms with E-state index in [1.165, 1.54) is 26.6 Å². The molecule has 3 heterocycles. The molecule has 2 aliphatic rings. The van der Waals surface area contributed by atoms with Gasteiger partial charge < -0.3 is 4.74 Å². The zero-order valence-electron chi connectivity index (χ0n) is 30.6. The molecule has 57 heavy (non-hydrogen) atoms. The Kier molecular flexibility index (Phi) is 6.98. The Morgan fingerprint density at radius 2 is 0.877 bits per heavy atom. The van der Waals surface area contributed by atoms with Crippen LogP contribution in [0.15, 0.2) is 188 Å². The number of nitrogens with zero attached hydrogens (tertiary/aromatic N) is 3. The van der Waals surface area contributed by atoms with Crippen molar-refractivity contribution in [2.24, 2.45) is 0 Å². The van der Waals surface area contributed by atoms with E-state index in [4.69, 9.17) is 19.7 Å². The first kappa shape index (κ1) is 32.1. The maximum atomic E-state index is 6.61. The van der Waals surface area contributed by atoms with Crippen LogP contribution in [0.1, 0.15) is 22.3 Å². The Morgan fingerprint density at radius 1 is 0.368 bits per heavy atom. The molecule has 4 nitrogen and oxygen atoms in total. The van der Waals surface area contributed by atoms with E-state index in [1.807, 2.05) is 6.07 Å². The zero-order chi connectivity index (χ0) is 37.5. The predicted octanol–water partition coefficient (Wildman–Crippen LogP) is 13.4. The lowest BCUT2D eigenvalue weighted by Crippen LogP contribution is -2.32. The van der Waals surface area contributed by atoms with E-state index in [0.29, 0.717) is 17.5 Å². The van der Waals surface area contributed by atoms with Crippen molar-refractivity contribution in [2.75, 3.05) is 0 Å². The summed E-state index contributed by atoms with van der Waals surface area (Å²) in [5.41, 5.74) is 11.4. The molecule has 1 aliphatic heterocycles. The number of aromatic nitrogens is 3. The van der Waals surface area contributed by atoms with Gasteiger partial charge in [-0.15, -0.1) is 11.3 Å². The van der Waals surface area contributed by atoms with E-state index in [2.05, 4.69) is 182 Å². The van der Waals surface area contributed by atoms with E-state index < -0.39 is 5.41 Å². The van der Waals surface area contributed by atoms with Crippen molar-refractivity contribution in [3.05, 3.63) is 210 Å². The van der Waals surface area contributed by atoms with E-state index in [1.54, 1.807) is 11.3 Å². The number of hydrogen-bond acceptors (Lipinski definition) is 5. The standard InChI is InChI=1S/C52H31N3OS/c1-2-16-32(17-3-1)33-18-4-5-20-36(33)49-53-50(55-51(54-49)39-24-14-22-35-34-19-7-13-31-46(34)57-48(35)39)38-23-15-28-43-47(38)37-21-6-8-25-40(37)52(43)41-26-9-11-29-44(41)56-45-30-12-10-27-42(45)52/h1-31H. The molecule has 5 heteroatoms. The second kappa shape index (κ2) is 12.4. The monoisotopic (exact) mass is 745 g/mol. The average Bonchev–Trinajstić information content (AvgIpc) is 3.81. The molecule has 0 N–H and O–H groups in total. The van der Waals surface area contributed by atoms with Crippen molar-refractivity contribution in [3.8, 4) is 67.9 Å². The van der Waals surface area contributed by atoms with E-state index in [9.17, 15) is 0 Å². The van der Waals surface area contributed by atoms with E-state index in [0.717, 1.165) is 66.3 Å². The highest BCUT2D eigenvalue weighted by Crippen LogP contribution is 2.63. The van der Waals surface area contributed by atoms with Crippen molar-refractivity contribution in [1.82, 2.24) is 15.0 Å². The molecule has 2 aromatic heterocycles. The number of para-hydroxylation sites is 2. The quantitative estimate of drug-likeness (QED) is 0.180. The number of benzene rings is 8. The van der Waals surface area contributed by atoms with Crippen LogP contribution >= 0.6 is 11.3 Å². The van der Waals surface area contributed by atoms with Gasteiger partial charge >= 0.3 is 0 Å². The fourth-order valence-electron chi connectivity index (χ4n) is 9.30. The summed E-state index contributed by atoms with van der Waals surface area (Å²) in [6, 6.07) is 66.4. The first-order valence-corrected chi connectivity index (χ1v) is 20.0. The van der Waals surface area contributed by atoms with Crippen molar-refractivity contribution >= 4 is 31.5 Å². The second-order valence-corrected chi connectivity index (χ2v) is 15.7. The summed E-state index contributed by atoms with van der Waals surface area (Å²) in [5, 5.41) is 2.44. The minimum absolute atomic E-state index is 0.603. The third kappa shape index (κ3) is 4.64. The summed E-state index contributed by atoms with van der Waals surface area (Å²) >= 11 is 1.79. The van der Waals surface area contributed by atoms with Crippen LogP contribution < -0.4 is 4.74 Å². The predicted molar refractivity (Wildman–Crippen MR) is 232 cm³/mol. The third-order valence-corrected chi connectivity index (χ3v) is 12.9. The van der Waals surface area contributed by atoms with Crippen LogP contribution in [-0.4, -0.2) is 15.0 Å². The SMILES string of the molecule is c1ccc(-c2ccccc2-c2nc(-c3cccc4c3-c3ccccc3C43c4ccccc4Oc4ccccc43)nc(-c3cccc4c3sc3ccccc34)n2)cc1. The molecule has 0 amide bonds. The van der Waals surface area contributed by atoms with Gasteiger partial charge in [-0.25, -0.2) is 15.0 Å². The van der Waals surface area contributed by atoms with Crippen LogP contribution in [0.5, 0.6) is 11.5 Å². The van der Waals surface area contributed by atoms with Crippen molar-refractivity contribution in [1.29, 1.82) is 0 Å². The number of ether oxygens (including phenoxy) is 1. The summed E-state index contributed by atoms with van der Waals surface area (Å²) < 4.78 is 9.01. The van der Waals surface area contributed by atoms with Crippen LogP contribution in [0, 0.1) is 0 Å². The van der Waals surface area contributed by atoms with E-state index in [-0.39, 0.29) is 0 Å². The molecule has 10 aromatic rings. The molecule has 1 spiro atoms. The maximum Gasteiger partial charge on any atom is 0.165 e. The Morgan fingerprint density at radius 3 is 1.65 bits per heavy atom. The first-order valence-electron chi connectivity index (χ1n) is 19.2. The fourth-order valence-corrected chi connectivity index (χ4v) is 10.5. The van der Waals surface area contributed by atoms with Crippen molar-refractivity contribution in [2.45, 2.75) is 5.41 Å². The van der Waals surface area contributed by atoms with Crippen LogP contribution in [-0.2, 0) is 5.41 Å². The molecule has 0 fully saturated rings. The third-order valence-electron chi connectivity index (χ3n) is 11.6. The summed E-state index contributed by atoms with van der Waals surface area (Å²) in [7, 11) is 0. The summed E-state index contributed by atoms with van der Waals surface area (Å²) in [5.74, 6) is 3.64. The van der Waals surface area contributed by atoms with Crippen LogP contribution in [0.4, 0.5) is 0 Å². The van der Waals surface area contributed by atoms with Gasteiger partial charge in [-0.1, -0.05) is 164 Å². The van der Waals surface area contributed by atoms with E-state index >= 15 is 0 Å².